The average Bonchev–Trinajstić information content (AvgIpc) is 3.22. The minimum atomic E-state index is 0.00190. The lowest BCUT2D eigenvalue weighted by molar-refractivity contribution is 0.0629. The lowest BCUT2D eigenvalue weighted by atomic mass is 10.2. The number of thiophene rings is 1. The van der Waals surface area contributed by atoms with Crippen molar-refractivity contribution in [3.63, 3.8) is 0 Å². The second kappa shape index (κ2) is 7.72. The van der Waals surface area contributed by atoms with Crippen LogP contribution in [0.15, 0.2) is 54.4 Å². The Labute approximate surface area is 156 Å². The first kappa shape index (κ1) is 16.8. The molecule has 0 atom stereocenters. The molecule has 1 amide bonds. The van der Waals surface area contributed by atoms with Gasteiger partial charge in [-0.15, -0.1) is 11.3 Å². The molecule has 4 heterocycles. The fourth-order valence-corrected chi connectivity index (χ4v) is 3.75. The van der Waals surface area contributed by atoms with Crippen molar-refractivity contribution < 1.29 is 4.79 Å². The van der Waals surface area contributed by atoms with Crippen LogP contribution in [0.4, 0.5) is 0 Å². The number of hydrogen-bond acceptors (Lipinski definition) is 6. The van der Waals surface area contributed by atoms with Gasteiger partial charge in [-0.05, 0) is 23.6 Å². The summed E-state index contributed by atoms with van der Waals surface area (Å²) in [6.45, 7) is 4.20. The van der Waals surface area contributed by atoms with Crippen molar-refractivity contribution in [2.75, 3.05) is 26.2 Å². The minimum absolute atomic E-state index is 0.00190. The average molecular weight is 365 g/mol. The zero-order chi connectivity index (χ0) is 17.8. The van der Waals surface area contributed by atoms with Crippen LogP contribution in [-0.4, -0.2) is 56.8 Å². The van der Waals surface area contributed by atoms with E-state index in [0.717, 1.165) is 38.3 Å². The van der Waals surface area contributed by atoms with Crippen LogP contribution in [0.3, 0.4) is 0 Å². The first-order chi connectivity index (χ1) is 12.8. The van der Waals surface area contributed by atoms with Crippen molar-refractivity contribution in [3.8, 4) is 11.4 Å². The third-order valence-corrected chi connectivity index (χ3v) is 5.32. The highest BCUT2D eigenvalue weighted by Gasteiger charge is 2.22. The molecule has 0 N–H and O–H groups in total. The van der Waals surface area contributed by atoms with Crippen LogP contribution >= 0.6 is 11.3 Å². The van der Waals surface area contributed by atoms with E-state index in [2.05, 4.69) is 37.4 Å². The second-order valence-corrected chi connectivity index (χ2v) is 7.21. The molecule has 3 aromatic rings. The number of amides is 1. The summed E-state index contributed by atoms with van der Waals surface area (Å²) in [5.41, 5.74) is 1.43. The summed E-state index contributed by atoms with van der Waals surface area (Å²) in [6.07, 6.45) is 6.63. The third-order valence-electron chi connectivity index (χ3n) is 4.46. The number of pyridine rings is 1. The van der Waals surface area contributed by atoms with Gasteiger partial charge in [-0.3, -0.25) is 14.7 Å². The van der Waals surface area contributed by atoms with Crippen molar-refractivity contribution >= 4 is 17.2 Å². The molecule has 0 bridgehead atoms. The van der Waals surface area contributed by atoms with Crippen molar-refractivity contribution in [2.24, 2.45) is 0 Å². The van der Waals surface area contributed by atoms with E-state index in [1.807, 2.05) is 17.0 Å². The maximum atomic E-state index is 12.7. The highest BCUT2D eigenvalue weighted by Crippen LogP contribution is 2.16. The number of carbonyl (C=O) groups is 1. The normalized spacial score (nSPS) is 15.2. The molecule has 4 rings (SSSR count). The lowest BCUT2D eigenvalue weighted by Gasteiger charge is -2.34. The van der Waals surface area contributed by atoms with Crippen LogP contribution in [0.25, 0.3) is 11.4 Å². The van der Waals surface area contributed by atoms with E-state index in [0.29, 0.717) is 11.4 Å². The molecule has 0 saturated carbocycles. The van der Waals surface area contributed by atoms with Gasteiger partial charge in [0.05, 0.1) is 5.56 Å². The molecule has 132 valence electrons. The Balaban J connectivity index is 1.36. The Hall–Kier alpha value is -2.64. The highest BCUT2D eigenvalue weighted by molar-refractivity contribution is 7.09. The van der Waals surface area contributed by atoms with Crippen LogP contribution in [-0.2, 0) is 6.54 Å². The van der Waals surface area contributed by atoms with Crippen LogP contribution in [0.2, 0.25) is 0 Å². The largest absolute Gasteiger partial charge is 0.336 e. The van der Waals surface area contributed by atoms with E-state index in [4.69, 9.17) is 0 Å². The van der Waals surface area contributed by atoms with E-state index in [1.54, 1.807) is 36.1 Å². The standard InChI is InChI=1S/C19H19N5OS/c25-19(16-12-21-18(22-13-16)15-3-5-20-6-4-15)24-9-7-23(8-10-24)14-17-2-1-11-26-17/h1-6,11-13H,7-10,14H2. The number of hydrogen-bond donors (Lipinski definition) is 0. The van der Waals surface area contributed by atoms with Gasteiger partial charge in [0.25, 0.3) is 5.91 Å². The van der Waals surface area contributed by atoms with E-state index in [-0.39, 0.29) is 5.91 Å². The predicted octanol–water partition coefficient (Wildman–Crippen LogP) is 2.56. The molecule has 7 heteroatoms. The molecular weight excluding hydrogens is 346 g/mol. The van der Waals surface area contributed by atoms with Gasteiger partial charge in [0, 0.05) is 68.0 Å². The first-order valence-electron chi connectivity index (χ1n) is 8.56. The molecular formula is C19H19N5OS. The molecule has 0 spiro atoms. The van der Waals surface area contributed by atoms with Gasteiger partial charge >= 0.3 is 0 Å². The molecule has 0 aliphatic carbocycles. The fraction of sp³-hybridized carbons (Fsp3) is 0.263. The molecule has 1 saturated heterocycles. The van der Waals surface area contributed by atoms with E-state index in [9.17, 15) is 4.79 Å². The minimum Gasteiger partial charge on any atom is -0.336 e. The molecule has 26 heavy (non-hydrogen) atoms. The van der Waals surface area contributed by atoms with Gasteiger partial charge in [-0.2, -0.15) is 0 Å². The predicted molar refractivity (Wildman–Crippen MR) is 101 cm³/mol. The van der Waals surface area contributed by atoms with Gasteiger partial charge in [0.2, 0.25) is 0 Å². The van der Waals surface area contributed by atoms with E-state index < -0.39 is 0 Å². The summed E-state index contributed by atoms with van der Waals surface area (Å²) in [4.78, 5) is 31.0. The fourth-order valence-electron chi connectivity index (χ4n) is 3.00. The van der Waals surface area contributed by atoms with Gasteiger partial charge in [-0.1, -0.05) is 6.07 Å². The Kier molecular flexibility index (Phi) is 4.99. The maximum absolute atomic E-state index is 12.7. The Morgan fingerprint density at radius 1 is 1.04 bits per heavy atom. The summed E-state index contributed by atoms with van der Waals surface area (Å²) in [7, 11) is 0. The van der Waals surface area contributed by atoms with Gasteiger partial charge in [0.1, 0.15) is 0 Å². The van der Waals surface area contributed by atoms with Crippen LogP contribution in [0.1, 0.15) is 15.2 Å². The molecule has 0 radical (unpaired) electrons. The maximum Gasteiger partial charge on any atom is 0.257 e. The molecule has 1 aliphatic rings. The van der Waals surface area contributed by atoms with Crippen molar-refractivity contribution in [3.05, 3.63) is 64.9 Å². The number of piperazine rings is 1. The SMILES string of the molecule is O=C(c1cnc(-c2ccncc2)nc1)N1CCN(Cc2cccs2)CC1. The van der Waals surface area contributed by atoms with Crippen LogP contribution < -0.4 is 0 Å². The summed E-state index contributed by atoms with van der Waals surface area (Å²) >= 11 is 1.78. The Morgan fingerprint density at radius 2 is 1.77 bits per heavy atom. The van der Waals surface area contributed by atoms with E-state index >= 15 is 0 Å². The number of aromatic nitrogens is 3. The van der Waals surface area contributed by atoms with Gasteiger partial charge in [0.15, 0.2) is 5.82 Å². The lowest BCUT2D eigenvalue weighted by Crippen LogP contribution is -2.48. The molecule has 1 aliphatic heterocycles. The summed E-state index contributed by atoms with van der Waals surface area (Å²) < 4.78 is 0. The smallest absolute Gasteiger partial charge is 0.257 e. The first-order valence-corrected chi connectivity index (χ1v) is 9.44. The second-order valence-electron chi connectivity index (χ2n) is 6.18. The molecule has 0 unspecified atom stereocenters. The number of rotatable bonds is 4. The van der Waals surface area contributed by atoms with Crippen LogP contribution in [0.5, 0.6) is 0 Å². The Morgan fingerprint density at radius 3 is 2.42 bits per heavy atom. The monoisotopic (exact) mass is 365 g/mol. The topological polar surface area (TPSA) is 62.2 Å². The highest BCUT2D eigenvalue weighted by atomic mass is 32.1. The molecule has 1 fully saturated rings. The zero-order valence-electron chi connectivity index (χ0n) is 14.3. The van der Waals surface area contributed by atoms with Crippen molar-refractivity contribution in [2.45, 2.75) is 6.54 Å². The summed E-state index contributed by atoms with van der Waals surface area (Å²) in [5, 5.41) is 2.10. The third kappa shape index (κ3) is 3.79. The zero-order valence-corrected chi connectivity index (χ0v) is 15.1. The molecule has 0 aromatic carbocycles. The van der Waals surface area contributed by atoms with Gasteiger partial charge < -0.3 is 4.90 Å². The number of carbonyl (C=O) groups excluding carboxylic acids is 1. The Bertz CT molecular complexity index is 843. The number of nitrogens with zero attached hydrogens (tertiary/aromatic N) is 5. The molecule has 6 nitrogen and oxygen atoms in total. The van der Waals surface area contributed by atoms with Gasteiger partial charge in [-0.25, -0.2) is 9.97 Å². The van der Waals surface area contributed by atoms with E-state index in [1.165, 1.54) is 4.88 Å². The van der Waals surface area contributed by atoms with Crippen molar-refractivity contribution in [1.29, 1.82) is 0 Å². The summed E-state index contributed by atoms with van der Waals surface area (Å²) in [5.74, 6) is 0.603. The molecule has 3 aromatic heterocycles. The van der Waals surface area contributed by atoms with Crippen LogP contribution in [0, 0.1) is 0 Å². The van der Waals surface area contributed by atoms with Crippen molar-refractivity contribution in [1.82, 2.24) is 24.8 Å². The summed E-state index contributed by atoms with van der Waals surface area (Å²) in [6, 6.07) is 7.94. The quantitative estimate of drug-likeness (QED) is 0.711.